The van der Waals surface area contributed by atoms with Gasteiger partial charge in [-0.25, -0.2) is 17.4 Å². The molecule has 0 saturated heterocycles. The zero-order valence-electron chi connectivity index (χ0n) is 12.8. The van der Waals surface area contributed by atoms with Gasteiger partial charge in [-0.3, -0.25) is 4.79 Å². The van der Waals surface area contributed by atoms with Crippen LogP contribution in [0.1, 0.15) is 10.4 Å². The van der Waals surface area contributed by atoms with Crippen molar-refractivity contribution >= 4 is 56.6 Å². The number of nitrogens with zero attached hydrogens (tertiary/aromatic N) is 2. The Balaban J connectivity index is 1.74. The molecule has 26 heavy (non-hydrogen) atoms. The van der Waals surface area contributed by atoms with E-state index in [9.17, 15) is 13.2 Å². The molecular formula is C16H9Cl2N3O3S2. The molecule has 1 amide bonds. The van der Waals surface area contributed by atoms with E-state index in [0.29, 0.717) is 20.8 Å². The highest BCUT2D eigenvalue weighted by molar-refractivity contribution is 8.01. The number of hydrogen-bond acceptors (Lipinski definition) is 5. The standard InChI is InChI=1S/C16H9Cl2N3O3S2/c17-9-1-3-10(4-2-9)20-15(22)11-7-14-13(8-12(11)18)25-16-19-5-6-21(16)26(14,23)24/h1-8H,(H,20,22). The molecule has 6 nitrogen and oxygen atoms in total. The van der Waals surface area contributed by atoms with Crippen molar-refractivity contribution < 1.29 is 13.2 Å². The molecule has 10 heteroatoms. The third-order valence-corrected chi connectivity index (χ3v) is 7.25. The Morgan fingerprint density at radius 3 is 2.62 bits per heavy atom. The van der Waals surface area contributed by atoms with Crippen molar-refractivity contribution in [2.45, 2.75) is 14.9 Å². The minimum Gasteiger partial charge on any atom is -0.322 e. The van der Waals surface area contributed by atoms with Crippen LogP contribution >= 0.6 is 35.0 Å². The van der Waals surface area contributed by atoms with Crippen molar-refractivity contribution in [3.8, 4) is 0 Å². The first kappa shape index (κ1) is 17.4. The van der Waals surface area contributed by atoms with E-state index < -0.39 is 15.9 Å². The number of anilines is 1. The van der Waals surface area contributed by atoms with Crippen LogP contribution in [0.25, 0.3) is 0 Å². The number of amides is 1. The second kappa shape index (κ2) is 6.31. The zero-order valence-corrected chi connectivity index (χ0v) is 16.0. The molecule has 4 rings (SSSR count). The summed E-state index contributed by atoms with van der Waals surface area (Å²) < 4.78 is 26.6. The van der Waals surface area contributed by atoms with Gasteiger partial charge in [0.05, 0.1) is 10.6 Å². The van der Waals surface area contributed by atoms with Gasteiger partial charge in [0, 0.05) is 28.0 Å². The number of benzene rings is 2. The van der Waals surface area contributed by atoms with Crippen molar-refractivity contribution in [3.63, 3.8) is 0 Å². The number of carbonyl (C=O) groups is 1. The predicted molar refractivity (Wildman–Crippen MR) is 99.8 cm³/mol. The van der Waals surface area contributed by atoms with Crippen LogP contribution in [0.15, 0.2) is 63.7 Å². The largest absolute Gasteiger partial charge is 0.322 e. The van der Waals surface area contributed by atoms with Gasteiger partial charge in [0.25, 0.3) is 15.9 Å². The lowest BCUT2D eigenvalue weighted by molar-refractivity contribution is 0.102. The average Bonchev–Trinajstić information content (AvgIpc) is 3.06. The Labute approximate surface area is 163 Å². The minimum atomic E-state index is -3.83. The Hall–Kier alpha value is -2.00. The first-order valence-electron chi connectivity index (χ1n) is 7.23. The number of aromatic nitrogens is 2. The van der Waals surface area contributed by atoms with Crippen molar-refractivity contribution in [1.29, 1.82) is 0 Å². The highest BCUT2D eigenvalue weighted by atomic mass is 35.5. The van der Waals surface area contributed by atoms with E-state index in [-0.39, 0.29) is 15.5 Å². The summed E-state index contributed by atoms with van der Waals surface area (Å²) in [5, 5.41) is 3.68. The fourth-order valence-corrected chi connectivity index (χ4v) is 5.80. The molecule has 0 unspecified atom stereocenters. The van der Waals surface area contributed by atoms with Gasteiger partial charge in [-0.15, -0.1) is 0 Å². The van der Waals surface area contributed by atoms with Gasteiger partial charge in [-0.1, -0.05) is 23.2 Å². The van der Waals surface area contributed by atoms with Crippen LogP contribution in [-0.4, -0.2) is 23.3 Å². The Morgan fingerprint density at radius 2 is 1.88 bits per heavy atom. The molecule has 0 bridgehead atoms. The summed E-state index contributed by atoms with van der Waals surface area (Å²) in [6, 6.07) is 9.29. The maximum Gasteiger partial charge on any atom is 0.270 e. The Bertz CT molecular complexity index is 1140. The maximum atomic E-state index is 12.8. The molecule has 0 radical (unpaired) electrons. The van der Waals surface area contributed by atoms with Gasteiger partial charge >= 0.3 is 0 Å². The van der Waals surface area contributed by atoms with E-state index >= 15 is 0 Å². The molecule has 0 atom stereocenters. The van der Waals surface area contributed by atoms with Crippen LogP contribution < -0.4 is 5.32 Å². The predicted octanol–water partition coefficient (Wildman–Crippen LogP) is 4.14. The quantitative estimate of drug-likeness (QED) is 0.521. The summed E-state index contributed by atoms with van der Waals surface area (Å²) in [7, 11) is -3.83. The molecule has 3 aromatic rings. The lowest BCUT2D eigenvalue weighted by Gasteiger charge is -2.19. The third-order valence-electron chi connectivity index (χ3n) is 3.69. The van der Waals surface area contributed by atoms with Crippen LogP contribution in [0.5, 0.6) is 0 Å². The number of fused-ring (bicyclic) bond motifs is 2. The van der Waals surface area contributed by atoms with Crippen LogP contribution in [0.3, 0.4) is 0 Å². The Kier molecular flexibility index (Phi) is 4.23. The highest BCUT2D eigenvalue weighted by Crippen LogP contribution is 2.41. The van der Waals surface area contributed by atoms with E-state index in [1.165, 1.54) is 36.3 Å². The summed E-state index contributed by atoms with van der Waals surface area (Å²) in [6.07, 6.45) is 2.77. The van der Waals surface area contributed by atoms with E-state index in [1.54, 1.807) is 24.3 Å². The molecule has 132 valence electrons. The maximum absolute atomic E-state index is 12.8. The smallest absolute Gasteiger partial charge is 0.270 e. The molecule has 0 fully saturated rings. The zero-order chi connectivity index (χ0) is 18.5. The second-order valence-electron chi connectivity index (χ2n) is 5.35. The molecule has 1 N–H and O–H groups in total. The minimum absolute atomic E-state index is 0.0126. The summed E-state index contributed by atoms with van der Waals surface area (Å²) in [4.78, 5) is 17.0. The molecule has 1 aromatic heterocycles. The van der Waals surface area contributed by atoms with Crippen molar-refractivity contribution in [1.82, 2.24) is 8.96 Å². The van der Waals surface area contributed by atoms with Gasteiger partial charge < -0.3 is 5.32 Å². The van der Waals surface area contributed by atoms with Gasteiger partial charge in [0.2, 0.25) is 0 Å². The average molecular weight is 426 g/mol. The molecule has 1 aliphatic rings. The number of nitrogens with one attached hydrogen (secondary N) is 1. The number of carbonyl (C=O) groups excluding carboxylic acids is 1. The van der Waals surface area contributed by atoms with Crippen LogP contribution in [-0.2, 0) is 10.0 Å². The van der Waals surface area contributed by atoms with E-state index in [0.717, 1.165) is 3.97 Å². The molecular weight excluding hydrogens is 417 g/mol. The summed E-state index contributed by atoms with van der Waals surface area (Å²) in [5.41, 5.74) is 0.579. The lowest BCUT2D eigenvalue weighted by atomic mass is 10.2. The summed E-state index contributed by atoms with van der Waals surface area (Å²) in [6.45, 7) is 0. The van der Waals surface area contributed by atoms with Crippen molar-refractivity contribution in [2.75, 3.05) is 5.32 Å². The molecule has 0 saturated carbocycles. The van der Waals surface area contributed by atoms with Crippen molar-refractivity contribution in [3.05, 3.63) is 64.4 Å². The molecule has 0 spiro atoms. The number of hydrogen-bond donors (Lipinski definition) is 1. The molecule has 2 aromatic carbocycles. The topological polar surface area (TPSA) is 81.1 Å². The molecule has 0 aliphatic carbocycles. The van der Waals surface area contributed by atoms with Crippen LogP contribution in [0.2, 0.25) is 10.0 Å². The fourth-order valence-electron chi connectivity index (χ4n) is 2.46. The second-order valence-corrected chi connectivity index (χ2v) is 8.99. The fraction of sp³-hybridized carbons (Fsp3) is 0. The number of rotatable bonds is 2. The van der Waals surface area contributed by atoms with E-state index in [1.807, 2.05) is 0 Å². The lowest BCUT2D eigenvalue weighted by Crippen LogP contribution is -2.20. The first-order chi connectivity index (χ1) is 12.4. The normalized spacial score (nSPS) is 14.4. The third kappa shape index (κ3) is 2.88. The van der Waals surface area contributed by atoms with Gasteiger partial charge in [-0.2, -0.15) is 0 Å². The van der Waals surface area contributed by atoms with Gasteiger partial charge in [-0.05, 0) is 48.2 Å². The van der Waals surface area contributed by atoms with Gasteiger partial charge in [0.1, 0.15) is 4.90 Å². The summed E-state index contributed by atoms with van der Waals surface area (Å²) >= 11 is 13.2. The molecule has 1 aliphatic heterocycles. The monoisotopic (exact) mass is 425 g/mol. The van der Waals surface area contributed by atoms with Gasteiger partial charge in [0.15, 0.2) is 5.16 Å². The number of halogens is 2. The van der Waals surface area contributed by atoms with Crippen LogP contribution in [0.4, 0.5) is 5.69 Å². The van der Waals surface area contributed by atoms with E-state index in [2.05, 4.69) is 10.3 Å². The Morgan fingerprint density at radius 1 is 1.15 bits per heavy atom. The first-order valence-corrected chi connectivity index (χ1v) is 10.2. The summed E-state index contributed by atoms with van der Waals surface area (Å²) in [5.74, 6) is -0.517. The molecule has 2 heterocycles. The number of imidazole rings is 1. The SMILES string of the molecule is O=C(Nc1ccc(Cl)cc1)c1cc2c(cc1Cl)Sc1nccn1S2(=O)=O. The van der Waals surface area contributed by atoms with Crippen LogP contribution in [0, 0.1) is 0 Å². The highest BCUT2D eigenvalue weighted by Gasteiger charge is 2.32. The van der Waals surface area contributed by atoms with Crippen molar-refractivity contribution in [2.24, 2.45) is 0 Å². The van der Waals surface area contributed by atoms with E-state index in [4.69, 9.17) is 23.2 Å².